The van der Waals surface area contributed by atoms with Crippen LogP contribution in [0.5, 0.6) is 5.75 Å². The van der Waals surface area contributed by atoms with Gasteiger partial charge in [-0.15, -0.1) is 0 Å². The third kappa shape index (κ3) is 1.83. The van der Waals surface area contributed by atoms with Crippen LogP contribution in [0.25, 0.3) is 11.4 Å². The van der Waals surface area contributed by atoms with E-state index >= 15 is 0 Å². The molecule has 0 aliphatic carbocycles. The number of nitrogens with zero attached hydrogens (tertiary/aromatic N) is 2. The Labute approximate surface area is 101 Å². The van der Waals surface area contributed by atoms with Crippen LogP contribution in [0.3, 0.4) is 0 Å². The lowest BCUT2D eigenvalue weighted by atomic mass is 10.1. The van der Waals surface area contributed by atoms with Gasteiger partial charge < -0.3 is 19.7 Å². The van der Waals surface area contributed by atoms with Gasteiger partial charge in [-0.05, 0) is 12.1 Å². The molecule has 1 aromatic carbocycles. The first-order valence-electron chi connectivity index (χ1n) is 5.34. The summed E-state index contributed by atoms with van der Waals surface area (Å²) >= 11 is 0. The van der Waals surface area contributed by atoms with Gasteiger partial charge in [0.15, 0.2) is 6.79 Å². The molecule has 0 spiro atoms. The highest BCUT2D eigenvalue weighted by atomic mass is 19.1. The molecule has 1 aliphatic rings. The Balaban J connectivity index is 2.12. The molecule has 0 atom stereocenters. The fourth-order valence-electron chi connectivity index (χ4n) is 1.79. The van der Waals surface area contributed by atoms with Crippen molar-refractivity contribution in [3.63, 3.8) is 0 Å². The summed E-state index contributed by atoms with van der Waals surface area (Å²) in [5, 5.41) is 3.75. The third-order valence-electron chi connectivity index (χ3n) is 2.56. The molecule has 18 heavy (non-hydrogen) atoms. The quantitative estimate of drug-likeness (QED) is 0.863. The van der Waals surface area contributed by atoms with Gasteiger partial charge in [-0.3, -0.25) is 0 Å². The molecule has 0 saturated carbocycles. The summed E-state index contributed by atoms with van der Waals surface area (Å²) in [6, 6.07) is 2.66. The first-order valence-corrected chi connectivity index (χ1v) is 5.34. The second-order valence-corrected chi connectivity index (χ2v) is 3.77. The summed E-state index contributed by atoms with van der Waals surface area (Å²) in [6.45, 7) is 0.545. The summed E-state index contributed by atoms with van der Waals surface area (Å²) in [5.74, 6) is 0.659. The van der Waals surface area contributed by atoms with Gasteiger partial charge in [0.1, 0.15) is 11.6 Å². The molecule has 0 bridgehead atoms. The molecule has 0 radical (unpaired) electrons. The van der Waals surface area contributed by atoms with E-state index < -0.39 is 5.82 Å². The van der Waals surface area contributed by atoms with Gasteiger partial charge in [-0.25, -0.2) is 4.39 Å². The summed E-state index contributed by atoms with van der Waals surface area (Å²) in [6.07, 6.45) is 0. The van der Waals surface area contributed by atoms with Crippen LogP contribution in [0.1, 0.15) is 11.5 Å². The Morgan fingerprint density at radius 2 is 2.28 bits per heavy atom. The van der Waals surface area contributed by atoms with E-state index in [1.54, 1.807) is 0 Å². The molecule has 1 aromatic heterocycles. The summed E-state index contributed by atoms with van der Waals surface area (Å²) in [4.78, 5) is 4.06. The van der Waals surface area contributed by atoms with Gasteiger partial charge in [0, 0.05) is 5.56 Å². The number of halogens is 1. The van der Waals surface area contributed by atoms with Crippen LogP contribution in [0.4, 0.5) is 4.39 Å². The van der Waals surface area contributed by atoms with Gasteiger partial charge in [0.05, 0.1) is 18.7 Å². The monoisotopic (exact) mass is 251 g/mol. The number of hydrogen-bond acceptors (Lipinski definition) is 6. The number of ether oxygens (including phenoxy) is 2. The van der Waals surface area contributed by atoms with Crippen molar-refractivity contribution in [2.24, 2.45) is 5.73 Å². The van der Waals surface area contributed by atoms with Crippen LogP contribution >= 0.6 is 0 Å². The molecule has 3 rings (SSSR count). The highest BCUT2D eigenvalue weighted by molar-refractivity contribution is 5.66. The highest BCUT2D eigenvalue weighted by Crippen LogP contribution is 2.35. The van der Waals surface area contributed by atoms with E-state index in [0.717, 1.165) is 0 Å². The van der Waals surface area contributed by atoms with E-state index in [9.17, 15) is 4.39 Å². The summed E-state index contributed by atoms with van der Waals surface area (Å²) in [5.41, 5.74) is 6.45. The lowest BCUT2D eigenvalue weighted by Gasteiger charge is -2.19. The van der Waals surface area contributed by atoms with E-state index in [2.05, 4.69) is 10.1 Å². The van der Waals surface area contributed by atoms with Crippen molar-refractivity contribution in [1.29, 1.82) is 0 Å². The highest BCUT2D eigenvalue weighted by Gasteiger charge is 2.21. The predicted octanol–water partition coefficient (Wildman–Crippen LogP) is 1.20. The average molecular weight is 251 g/mol. The maximum absolute atomic E-state index is 13.5. The largest absolute Gasteiger partial charge is 0.466 e. The van der Waals surface area contributed by atoms with Crippen LogP contribution in [-0.4, -0.2) is 16.9 Å². The molecule has 2 aromatic rings. The standard InChI is InChI=1S/C11H10FN3O3/c12-7-1-6-4-16-5-17-10(6)8(2-7)11-14-9(3-13)18-15-11/h1-2H,3-5,13H2. The lowest BCUT2D eigenvalue weighted by Crippen LogP contribution is -2.12. The summed E-state index contributed by atoms with van der Waals surface area (Å²) < 4.78 is 28.9. The topological polar surface area (TPSA) is 83.4 Å². The minimum atomic E-state index is -0.406. The SMILES string of the molecule is NCc1nc(-c2cc(F)cc3c2OCOC3)no1. The smallest absolute Gasteiger partial charge is 0.240 e. The Bertz CT molecular complexity index is 585. The molecule has 0 unspecified atom stereocenters. The van der Waals surface area contributed by atoms with E-state index in [1.165, 1.54) is 12.1 Å². The first-order chi connectivity index (χ1) is 8.78. The number of nitrogens with two attached hydrogens (primary N) is 1. The van der Waals surface area contributed by atoms with Crippen molar-refractivity contribution in [3.8, 4) is 17.1 Å². The number of aromatic nitrogens is 2. The number of benzene rings is 1. The molecular formula is C11H10FN3O3. The van der Waals surface area contributed by atoms with Crippen molar-refractivity contribution in [3.05, 3.63) is 29.4 Å². The van der Waals surface area contributed by atoms with Crippen molar-refractivity contribution in [2.45, 2.75) is 13.2 Å². The average Bonchev–Trinajstić information content (AvgIpc) is 2.86. The normalized spacial score (nSPS) is 14.1. The summed E-state index contributed by atoms with van der Waals surface area (Å²) in [7, 11) is 0. The van der Waals surface area contributed by atoms with Crippen LogP contribution in [0, 0.1) is 5.82 Å². The zero-order chi connectivity index (χ0) is 12.5. The second kappa shape index (κ2) is 4.35. The Morgan fingerprint density at radius 1 is 1.39 bits per heavy atom. The van der Waals surface area contributed by atoms with E-state index in [1.807, 2.05) is 0 Å². The lowest BCUT2D eigenvalue weighted by molar-refractivity contribution is -0.0161. The third-order valence-corrected chi connectivity index (χ3v) is 2.56. The van der Waals surface area contributed by atoms with Crippen LogP contribution in [0.15, 0.2) is 16.7 Å². The molecule has 94 valence electrons. The van der Waals surface area contributed by atoms with Gasteiger partial charge in [0.25, 0.3) is 0 Å². The molecule has 2 N–H and O–H groups in total. The number of fused-ring (bicyclic) bond motifs is 1. The van der Waals surface area contributed by atoms with Crippen LogP contribution in [0.2, 0.25) is 0 Å². The number of hydrogen-bond donors (Lipinski definition) is 1. The molecule has 0 saturated heterocycles. The minimum Gasteiger partial charge on any atom is -0.466 e. The van der Waals surface area contributed by atoms with Gasteiger partial charge >= 0.3 is 0 Å². The van der Waals surface area contributed by atoms with E-state index in [4.69, 9.17) is 19.7 Å². The zero-order valence-corrected chi connectivity index (χ0v) is 9.35. The predicted molar refractivity (Wildman–Crippen MR) is 57.9 cm³/mol. The fraction of sp³-hybridized carbons (Fsp3) is 0.273. The van der Waals surface area contributed by atoms with Gasteiger partial charge in [-0.2, -0.15) is 4.98 Å². The molecule has 6 nitrogen and oxygen atoms in total. The molecule has 1 aliphatic heterocycles. The fourth-order valence-corrected chi connectivity index (χ4v) is 1.79. The zero-order valence-electron chi connectivity index (χ0n) is 9.35. The maximum atomic E-state index is 13.5. The van der Waals surface area contributed by atoms with Gasteiger partial charge in [-0.1, -0.05) is 5.16 Å². The van der Waals surface area contributed by atoms with E-state index in [-0.39, 0.29) is 25.1 Å². The molecule has 2 heterocycles. The second-order valence-electron chi connectivity index (χ2n) is 3.77. The van der Waals surface area contributed by atoms with Crippen molar-refractivity contribution >= 4 is 0 Å². The first kappa shape index (κ1) is 11.1. The minimum absolute atomic E-state index is 0.118. The van der Waals surface area contributed by atoms with Crippen molar-refractivity contribution < 1.29 is 18.4 Å². The van der Waals surface area contributed by atoms with Crippen LogP contribution < -0.4 is 10.5 Å². The van der Waals surface area contributed by atoms with Crippen molar-refractivity contribution in [1.82, 2.24) is 10.1 Å². The number of rotatable bonds is 2. The van der Waals surface area contributed by atoms with Crippen molar-refractivity contribution in [2.75, 3.05) is 6.79 Å². The van der Waals surface area contributed by atoms with Gasteiger partial charge in [0.2, 0.25) is 11.7 Å². The Morgan fingerprint density at radius 3 is 3.06 bits per heavy atom. The van der Waals surface area contributed by atoms with Crippen LogP contribution in [-0.2, 0) is 17.9 Å². The molecule has 0 amide bonds. The van der Waals surface area contributed by atoms with E-state index in [0.29, 0.717) is 23.5 Å². The Kier molecular flexibility index (Phi) is 2.69. The Hall–Kier alpha value is -1.99. The maximum Gasteiger partial charge on any atom is 0.240 e. The molecule has 0 fully saturated rings. The molecular weight excluding hydrogens is 241 g/mol. The molecule has 7 heteroatoms.